The molecule has 0 aliphatic heterocycles. The molecule has 1 unspecified atom stereocenters. The third-order valence-electron chi connectivity index (χ3n) is 2.60. The van der Waals surface area contributed by atoms with Gasteiger partial charge in [0.1, 0.15) is 5.82 Å². The minimum absolute atomic E-state index is 0.148. The van der Waals surface area contributed by atoms with Crippen molar-refractivity contribution >= 4 is 0 Å². The Morgan fingerprint density at radius 3 is 2.75 bits per heavy atom. The van der Waals surface area contributed by atoms with Crippen molar-refractivity contribution in [2.75, 3.05) is 7.05 Å². The van der Waals surface area contributed by atoms with Crippen molar-refractivity contribution < 1.29 is 0 Å². The van der Waals surface area contributed by atoms with Crippen LogP contribution in [-0.4, -0.2) is 26.6 Å². The summed E-state index contributed by atoms with van der Waals surface area (Å²) < 4.78 is 2.01. The Labute approximate surface area is 94.6 Å². The first-order valence-electron chi connectivity index (χ1n) is 5.20. The highest BCUT2D eigenvalue weighted by Crippen LogP contribution is 2.13. The van der Waals surface area contributed by atoms with Gasteiger partial charge in [-0.15, -0.1) is 0 Å². The highest BCUT2D eigenvalue weighted by Gasteiger charge is 2.13. The smallest absolute Gasteiger partial charge is 0.110 e. The van der Waals surface area contributed by atoms with E-state index in [0.717, 1.165) is 17.9 Å². The highest BCUT2D eigenvalue weighted by atomic mass is 15.0. The van der Waals surface area contributed by atoms with E-state index in [4.69, 9.17) is 0 Å². The van der Waals surface area contributed by atoms with E-state index in [1.807, 2.05) is 24.9 Å². The fourth-order valence-corrected chi connectivity index (χ4v) is 1.62. The Balaban J connectivity index is 2.16. The van der Waals surface area contributed by atoms with Crippen molar-refractivity contribution in [3.05, 3.63) is 42.5 Å². The molecule has 0 radical (unpaired) electrons. The van der Waals surface area contributed by atoms with Gasteiger partial charge < -0.3 is 9.88 Å². The van der Waals surface area contributed by atoms with Crippen molar-refractivity contribution in [3.8, 4) is 0 Å². The summed E-state index contributed by atoms with van der Waals surface area (Å²) >= 11 is 0. The predicted molar refractivity (Wildman–Crippen MR) is 60.7 cm³/mol. The molecule has 0 saturated heterocycles. The van der Waals surface area contributed by atoms with Crippen molar-refractivity contribution in [1.29, 1.82) is 0 Å². The molecule has 84 valence electrons. The number of aromatic nitrogens is 4. The third kappa shape index (κ3) is 2.25. The largest absolute Gasteiger partial charge is 0.338 e. The second-order valence-electron chi connectivity index (χ2n) is 3.63. The zero-order valence-electron chi connectivity index (χ0n) is 9.46. The van der Waals surface area contributed by atoms with Gasteiger partial charge in [-0.05, 0) is 7.05 Å². The van der Waals surface area contributed by atoms with Gasteiger partial charge in [-0.25, -0.2) is 4.98 Å². The maximum absolute atomic E-state index is 4.30. The lowest BCUT2D eigenvalue weighted by atomic mass is 10.1. The summed E-state index contributed by atoms with van der Waals surface area (Å²) in [6.07, 6.45) is 9.72. The number of nitrogens with one attached hydrogen (secondary N) is 1. The zero-order chi connectivity index (χ0) is 11.4. The Hall–Kier alpha value is -1.75. The van der Waals surface area contributed by atoms with Crippen molar-refractivity contribution in [3.63, 3.8) is 0 Å². The minimum atomic E-state index is 0.148. The van der Waals surface area contributed by atoms with E-state index in [0.29, 0.717) is 0 Å². The average Bonchev–Trinajstić information content (AvgIpc) is 2.73. The second kappa shape index (κ2) is 4.85. The molecule has 0 aromatic carbocycles. The Morgan fingerprint density at radius 2 is 2.19 bits per heavy atom. The van der Waals surface area contributed by atoms with Gasteiger partial charge in [0.25, 0.3) is 0 Å². The van der Waals surface area contributed by atoms with Crippen LogP contribution in [0.4, 0.5) is 0 Å². The first kappa shape index (κ1) is 10.8. The topological polar surface area (TPSA) is 55.6 Å². The molecule has 0 aliphatic rings. The van der Waals surface area contributed by atoms with Crippen LogP contribution in [0.15, 0.2) is 31.0 Å². The maximum Gasteiger partial charge on any atom is 0.110 e. The fraction of sp³-hybridized carbons (Fsp3) is 0.364. The molecular formula is C11H15N5. The third-order valence-corrected chi connectivity index (χ3v) is 2.60. The summed E-state index contributed by atoms with van der Waals surface area (Å²) in [6.45, 7) is 0. The molecule has 0 saturated carbocycles. The minimum Gasteiger partial charge on any atom is -0.338 e. The molecular weight excluding hydrogens is 202 g/mol. The Kier molecular flexibility index (Phi) is 3.26. The molecule has 2 aromatic rings. The first-order chi connectivity index (χ1) is 7.81. The first-order valence-corrected chi connectivity index (χ1v) is 5.20. The molecule has 16 heavy (non-hydrogen) atoms. The van der Waals surface area contributed by atoms with Crippen LogP contribution >= 0.6 is 0 Å². The van der Waals surface area contributed by atoms with Gasteiger partial charge in [0.15, 0.2) is 0 Å². The van der Waals surface area contributed by atoms with Gasteiger partial charge in [-0.2, -0.15) is 0 Å². The Bertz CT molecular complexity index is 437. The van der Waals surface area contributed by atoms with Crippen LogP contribution in [0.5, 0.6) is 0 Å². The van der Waals surface area contributed by atoms with Crippen molar-refractivity contribution in [2.24, 2.45) is 7.05 Å². The van der Waals surface area contributed by atoms with Crippen LogP contribution in [-0.2, 0) is 13.5 Å². The van der Waals surface area contributed by atoms with E-state index < -0.39 is 0 Å². The normalized spacial score (nSPS) is 12.6. The summed E-state index contributed by atoms with van der Waals surface area (Å²) in [5.74, 6) is 1.03. The number of hydrogen-bond donors (Lipinski definition) is 1. The SMILES string of the molecule is CNC(Cc1nccn1C)c1cnccn1. The van der Waals surface area contributed by atoms with E-state index in [9.17, 15) is 0 Å². The van der Waals surface area contributed by atoms with Crippen LogP contribution < -0.4 is 5.32 Å². The zero-order valence-corrected chi connectivity index (χ0v) is 9.46. The molecule has 2 heterocycles. The standard InChI is InChI=1S/C11H15N5/c1-12-9(10-8-13-3-4-14-10)7-11-15-5-6-16(11)2/h3-6,8-9,12H,7H2,1-2H3. The van der Waals surface area contributed by atoms with Crippen LogP contribution in [0.1, 0.15) is 17.6 Å². The van der Waals surface area contributed by atoms with E-state index in [1.165, 1.54) is 0 Å². The van der Waals surface area contributed by atoms with E-state index in [1.54, 1.807) is 24.8 Å². The average molecular weight is 217 g/mol. The molecule has 0 aliphatic carbocycles. The predicted octanol–water partition coefficient (Wildman–Crippen LogP) is 0.713. The van der Waals surface area contributed by atoms with Crippen LogP contribution in [0, 0.1) is 0 Å². The number of nitrogens with zero attached hydrogens (tertiary/aromatic N) is 4. The Morgan fingerprint density at radius 1 is 1.31 bits per heavy atom. The van der Waals surface area contributed by atoms with Crippen molar-refractivity contribution in [1.82, 2.24) is 24.8 Å². The lowest BCUT2D eigenvalue weighted by Gasteiger charge is -2.14. The quantitative estimate of drug-likeness (QED) is 0.819. The molecule has 5 heteroatoms. The molecule has 0 amide bonds. The van der Waals surface area contributed by atoms with Gasteiger partial charge in [0.05, 0.1) is 11.7 Å². The van der Waals surface area contributed by atoms with Crippen molar-refractivity contribution in [2.45, 2.75) is 12.5 Å². The van der Waals surface area contributed by atoms with Crippen LogP contribution in [0.3, 0.4) is 0 Å². The molecule has 2 rings (SSSR count). The highest BCUT2D eigenvalue weighted by molar-refractivity contribution is 5.06. The number of aryl methyl sites for hydroxylation is 1. The second-order valence-corrected chi connectivity index (χ2v) is 3.63. The number of likely N-dealkylation sites (N-methyl/N-ethyl adjacent to an activating group) is 1. The number of rotatable bonds is 4. The lowest BCUT2D eigenvalue weighted by molar-refractivity contribution is 0.548. The molecule has 2 aromatic heterocycles. The number of imidazole rings is 1. The van der Waals surface area contributed by atoms with E-state index >= 15 is 0 Å². The van der Waals surface area contributed by atoms with Gasteiger partial charge in [-0.3, -0.25) is 9.97 Å². The molecule has 0 bridgehead atoms. The monoisotopic (exact) mass is 217 g/mol. The van der Waals surface area contributed by atoms with Gasteiger partial charge in [-0.1, -0.05) is 0 Å². The van der Waals surface area contributed by atoms with Gasteiger partial charge in [0, 0.05) is 44.5 Å². The molecule has 1 N–H and O–H groups in total. The molecule has 5 nitrogen and oxygen atoms in total. The summed E-state index contributed by atoms with van der Waals surface area (Å²) in [4.78, 5) is 12.7. The van der Waals surface area contributed by atoms with Crippen LogP contribution in [0.2, 0.25) is 0 Å². The lowest BCUT2D eigenvalue weighted by Crippen LogP contribution is -2.21. The number of hydrogen-bond acceptors (Lipinski definition) is 4. The van der Waals surface area contributed by atoms with Crippen LogP contribution in [0.25, 0.3) is 0 Å². The summed E-state index contributed by atoms with van der Waals surface area (Å²) in [5.41, 5.74) is 0.938. The van der Waals surface area contributed by atoms with E-state index in [-0.39, 0.29) is 6.04 Å². The summed E-state index contributed by atoms with van der Waals surface area (Å²) in [7, 11) is 3.91. The molecule has 0 spiro atoms. The van der Waals surface area contributed by atoms with Gasteiger partial charge >= 0.3 is 0 Å². The summed E-state index contributed by atoms with van der Waals surface area (Å²) in [5, 5.41) is 3.23. The fourth-order valence-electron chi connectivity index (χ4n) is 1.62. The van der Waals surface area contributed by atoms with E-state index in [2.05, 4.69) is 20.3 Å². The summed E-state index contributed by atoms with van der Waals surface area (Å²) in [6, 6.07) is 0.148. The maximum atomic E-state index is 4.30. The van der Waals surface area contributed by atoms with Gasteiger partial charge in [0.2, 0.25) is 0 Å². The molecule has 1 atom stereocenters. The molecule has 0 fully saturated rings.